The molecule has 1 aromatic rings. The highest BCUT2D eigenvalue weighted by Gasteiger charge is 2.58. The van der Waals surface area contributed by atoms with Crippen molar-refractivity contribution in [1.29, 1.82) is 0 Å². The highest BCUT2D eigenvalue weighted by Crippen LogP contribution is 2.47. The quantitative estimate of drug-likeness (QED) is 0.919. The molecule has 108 valence electrons. The third-order valence-electron chi connectivity index (χ3n) is 4.51. The Kier molecular flexibility index (Phi) is 3.30. The third kappa shape index (κ3) is 1.86. The minimum Gasteiger partial charge on any atom is -0.390 e. The number of amides is 1. The minimum absolute atomic E-state index is 0.0797. The smallest absolute Gasteiger partial charge is 0.225 e. The zero-order valence-electron chi connectivity index (χ0n) is 12.0. The first kappa shape index (κ1) is 13.6. The number of carbonyl (C=O) groups is 1. The number of carbonyl (C=O) groups excluding carboxylic acids is 1. The van der Waals surface area contributed by atoms with Gasteiger partial charge in [-0.15, -0.1) is 0 Å². The van der Waals surface area contributed by atoms with E-state index >= 15 is 0 Å². The van der Waals surface area contributed by atoms with Crippen LogP contribution in [-0.2, 0) is 9.53 Å². The van der Waals surface area contributed by atoms with Crippen molar-refractivity contribution in [1.82, 2.24) is 4.90 Å². The lowest BCUT2D eigenvalue weighted by atomic mass is 9.84. The first-order valence-electron chi connectivity index (χ1n) is 7.23. The zero-order chi connectivity index (χ0) is 14.3. The van der Waals surface area contributed by atoms with Crippen molar-refractivity contribution >= 4 is 5.91 Å². The summed E-state index contributed by atoms with van der Waals surface area (Å²) in [6.45, 7) is 4.38. The van der Waals surface area contributed by atoms with Gasteiger partial charge < -0.3 is 14.7 Å². The molecule has 3 atom stereocenters. The molecule has 0 bridgehead atoms. The van der Waals surface area contributed by atoms with E-state index in [1.54, 1.807) is 4.90 Å². The van der Waals surface area contributed by atoms with Crippen LogP contribution in [0.15, 0.2) is 30.3 Å². The Labute approximate surface area is 119 Å². The maximum absolute atomic E-state index is 12.3. The lowest BCUT2D eigenvalue weighted by molar-refractivity contribution is -0.138. The van der Waals surface area contributed by atoms with Crippen molar-refractivity contribution in [3.63, 3.8) is 0 Å². The van der Waals surface area contributed by atoms with Crippen LogP contribution in [0.4, 0.5) is 0 Å². The predicted molar refractivity (Wildman–Crippen MR) is 74.8 cm³/mol. The van der Waals surface area contributed by atoms with Crippen LogP contribution in [0.1, 0.15) is 38.5 Å². The van der Waals surface area contributed by atoms with Crippen LogP contribution in [0.2, 0.25) is 0 Å². The summed E-state index contributed by atoms with van der Waals surface area (Å²) in [6.07, 6.45) is 0.257. The fraction of sp³-hybridized carbons (Fsp3) is 0.562. The topological polar surface area (TPSA) is 49.8 Å². The van der Waals surface area contributed by atoms with Gasteiger partial charge >= 0.3 is 0 Å². The molecule has 1 aromatic carbocycles. The van der Waals surface area contributed by atoms with E-state index in [0.29, 0.717) is 19.4 Å². The van der Waals surface area contributed by atoms with Crippen molar-refractivity contribution in [2.45, 2.75) is 44.6 Å². The number of aliphatic hydroxyl groups is 1. The number of ether oxygens (including phenoxy) is 1. The van der Waals surface area contributed by atoms with Crippen LogP contribution in [-0.4, -0.2) is 34.2 Å². The molecule has 2 fully saturated rings. The number of hydrogen-bond donors (Lipinski definition) is 1. The standard InChI is InChI=1S/C16H21NO3/c1-11(2)14(19)16-9-8-13(18)17(16)15(20-10-16)12-6-4-3-5-7-12/h3-7,11,14-15,19H,8-10H2,1-2H3/t14?,15-,16+/m0/s1. The third-order valence-corrected chi connectivity index (χ3v) is 4.51. The van der Waals surface area contributed by atoms with E-state index in [0.717, 1.165) is 5.56 Å². The molecular formula is C16H21NO3. The van der Waals surface area contributed by atoms with E-state index in [1.165, 1.54) is 0 Å². The van der Waals surface area contributed by atoms with Crippen LogP contribution in [0.3, 0.4) is 0 Å². The molecule has 4 heteroatoms. The van der Waals surface area contributed by atoms with Gasteiger partial charge in [-0.1, -0.05) is 44.2 Å². The van der Waals surface area contributed by atoms with Gasteiger partial charge in [-0.05, 0) is 12.3 Å². The van der Waals surface area contributed by atoms with Crippen LogP contribution < -0.4 is 0 Å². The maximum Gasteiger partial charge on any atom is 0.225 e. The molecule has 2 aliphatic heterocycles. The van der Waals surface area contributed by atoms with Gasteiger partial charge in [0.25, 0.3) is 0 Å². The number of aliphatic hydroxyl groups excluding tert-OH is 1. The fourth-order valence-corrected chi connectivity index (χ4v) is 3.48. The molecule has 0 aromatic heterocycles. The second kappa shape index (κ2) is 4.86. The maximum atomic E-state index is 12.3. The minimum atomic E-state index is -0.553. The average molecular weight is 275 g/mol. The number of benzene rings is 1. The van der Waals surface area contributed by atoms with Crippen molar-refractivity contribution in [2.24, 2.45) is 5.92 Å². The second-order valence-corrected chi connectivity index (χ2v) is 6.13. The van der Waals surface area contributed by atoms with Crippen molar-refractivity contribution < 1.29 is 14.6 Å². The van der Waals surface area contributed by atoms with E-state index in [-0.39, 0.29) is 18.1 Å². The summed E-state index contributed by atoms with van der Waals surface area (Å²) < 4.78 is 5.90. The first-order valence-corrected chi connectivity index (χ1v) is 7.23. The van der Waals surface area contributed by atoms with Gasteiger partial charge in [-0.25, -0.2) is 0 Å². The van der Waals surface area contributed by atoms with Gasteiger partial charge in [0, 0.05) is 12.0 Å². The summed E-state index contributed by atoms with van der Waals surface area (Å²) in [5, 5.41) is 10.6. The van der Waals surface area contributed by atoms with E-state index in [9.17, 15) is 9.90 Å². The molecule has 3 rings (SSSR count). The highest BCUT2D eigenvalue weighted by atomic mass is 16.5. The van der Waals surface area contributed by atoms with E-state index in [1.807, 2.05) is 44.2 Å². The lowest BCUT2D eigenvalue weighted by Crippen LogP contribution is -2.54. The van der Waals surface area contributed by atoms with Crippen molar-refractivity contribution in [3.8, 4) is 0 Å². The summed E-state index contributed by atoms with van der Waals surface area (Å²) in [5.74, 6) is 0.178. The Morgan fingerprint density at radius 3 is 2.70 bits per heavy atom. The molecule has 0 aliphatic carbocycles. The number of nitrogens with zero attached hydrogens (tertiary/aromatic N) is 1. The SMILES string of the molecule is CC(C)C(O)[C@]12CCC(=O)N1[C@H](c1ccccc1)OC2. The van der Waals surface area contributed by atoms with Gasteiger partial charge in [0.1, 0.15) is 0 Å². The largest absolute Gasteiger partial charge is 0.390 e. The lowest BCUT2D eigenvalue weighted by Gasteiger charge is -2.38. The van der Waals surface area contributed by atoms with Gasteiger partial charge in [-0.2, -0.15) is 0 Å². The zero-order valence-corrected chi connectivity index (χ0v) is 12.0. The molecule has 20 heavy (non-hydrogen) atoms. The molecule has 2 saturated heterocycles. The normalized spacial score (nSPS) is 30.9. The van der Waals surface area contributed by atoms with Gasteiger partial charge in [0.15, 0.2) is 6.23 Å². The average Bonchev–Trinajstić information content (AvgIpc) is 2.99. The van der Waals surface area contributed by atoms with Gasteiger partial charge in [0.05, 0.1) is 18.2 Å². The second-order valence-electron chi connectivity index (χ2n) is 6.13. The Balaban J connectivity index is 1.97. The first-order chi connectivity index (χ1) is 9.56. The van der Waals surface area contributed by atoms with E-state index < -0.39 is 11.6 Å². The molecule has 2 heterocycles. The molecule has 0 radical (unpaired) electrons. The summed E-state index contributed by atoms with van der Waals surface area (Å²) in [6, 6.07) is 9.76. The Morgan fingerprint density at radius 1 is 1.35 bits per heavy atom. The highest BCUT2D eigenvalue weighted by molar-refractivity contribution is 5.80. The van der Waals surface area contributed by atoms with Crippen LogP contribution in [0, 0.1) is 5.92 Å². The summed E-state index contributed by atoms with van der Waals surface area (Å²) >= 11 is 0. The molecular weight excluding hydrogens is 254 g/mol. The molecule has 1 amide bonds. The Hall–Kier alpha value is -1.39. The molecule has 4 nitrogen and oxygen atoms in total. The fourth-order valence-electron chi connectivity index (χ4n) is 3.48. The Bertz CT molecular complexity index is 502. The molecule has 1 N–H and O–H groups in total. The van der Waals surface area contributed by atoms with E-state index in [4.69, 9.17) is 4.74 Å². The van der Waals surface area contributed by atoms with Gasteiger partial charge in [0.2, 0.25) is 5.91 Å². The molecule has 2 aliphatic rings. The van der Waals surface area contributed by atoms with Crippen LogP contribution in [0.25, 0.3) is 0 Å². The monoisotopic (exact) mass is 275 g/mol. The van der Waals surface area contributed by atoms with Crippen molar-refractivity contribution in [2.75, 3.05) is 6.61 Å². The number of fused-ring (bicyclic) bond motifs is 1. The van der Waals surface area contributed by atoms with E-state index in [2.05, 4.69) is 0 Å². The van der Waals surface area contributed by atoms with Gasteiger partial charge in [-0.3, -0.25) is 4.79 Å². The Morgan fingerprint density at radius 2 is 2.05 bits per heavy atom. The number of rotatable bonds is 3. The molecule has 1 unspecified atom stereocenters. The van der Waals surface area contributed by atoms with Crippen LogP contribution >= 0.6 is 0 Å². The summed E-state index contributed by atoms with van der Waals surface area (Å²) in [4.78, 5) is 14.1. The van der Waals surface area contributed by atoms with Crippen molar-refractivity contribution in [3.05, 3.63) is 35.9 Å². The molecule has 0 spiro atoms. The van der Waals surface area contributed by atoms with Crippen LogP contribution in [0.5, 0.6) is 0 Å². The summed E-state index contributed by atoms with van der Waals surface area (Å²) in [7, 11) is 0. The predicted octanol–water partition coefficient (Wildman–Crippen LogP) is 2.09. The number of hydrogen-bond acceptors (Lipinski definition) is 3. The summed E-state index contributed by atoms with van der Waals surface area (Å²) in [5.41, 5.74) is 0.423. The molecule has 0 saturated carbocycles.